The van der Waals surface area contributed by atoms with Crippen LogP contribution in [0.25, 0.3) is 11.0 Å². The Morgan fingerprint density at radius 2 is 1.92 bits per heavy atom. The number of carbonyl (C=O) groups excluding carboxylic acids is 2. The Morgan fingerprint density at radius 1 is 1.12 bits per heavy atom. The average molecular weight is 360 g/mol. The smallest absolute Gasteiger partial charge is 0.339 e. The predicted octanol–water partition coefficient (Wildman–Crippen LogP) is 4.13. The quantitative estimate of drug-likeness (QED) is 0.708. The lowest BCUT2D eigenvalue weighted by atomic mass is 10.2. The van der Waals surface area contributed by atoms with Crippen LogP contribution in [0, 0.1) is 0 Å². The summed E-state index contributed by atoms with van der Waals surface area (Å²) in [4.78, 5) is 24.1. The highest BCUT2D eigenvalue weighted by molar-refractivity contribution is 6.33. The van der Waals surface area contributed by atoms with E-state index in [1.54, 1.807) is 24.3 Å². The second-order valence-electron chi connectivity index (χ2n) is 5.13. The van der Waals surface area contributed by atoms with E-state index in [-0.39, 0.29) is 16.3 Å². The van der Waals surface area contributed by atoms with Gasteiger partial charge in [0.25, 0.3) is 5.91 Å². The summed E-state index contributed by atoms with van der Waals surface area (Å²) in [5.74, 6) is -0.393. The Morgan fingerprint density at radius 3 is 2.64 bits per heavy atom. The minimum Gasteiger partial charge on any atom is -0.493 e. The third-order valence-corrected chi connectivity index (χ3v) is 3.91. The molecule has 25 heavy (non-hydrogen) atoms. The summed E-state index contributed by atoms with van der Waals surface area (Å²) in [5.41, 5.74) is 1.04. The van der Waals surface area contributed by atoms with E-state index in [4.69, 9.17) is 20.8 Å². The lowest BCUT2D eigenvalue weighted by molar-refractivity contribution is 0.0600. The second kappa shape index (κ2) is 6.86. The molecule has 1 amide bonds. The Kier molecular flexibility index (Phi) is 4.63. The van der Waals surface area contributed by atoms with Crippen LogP contribution in [0.4, 0.5) is 5.69 Å². The number of hydrogen-bond acceptors (Lipinski definition) is 5. The highest BCUT2D eigenvalue weighted by Crippen LogP contribution is 2.29. The molecule has 0 bridgehead atoms. The molecule has 0 spiro atoms. The van der Waals surface area contributed by atoms with E-state index in [1.165, 1.54) is 26.4 Å². The van der Waals surface area contributed by atoms with E-state index < -0.39 is 11.9 Å². The molecule has 0 fully saturated rings. The van der Waals surface area contributed by atoms with Gasteiger partial charge in [0.15, 0.2) is 17.1 Å². The number of para-hydroxylation sites is 1. The van der Waals surface area contributed by atoms with E-state index in [2.05, 4.69) is 10.1 Å². The van der Waals surface area contributed by atoms with Gasteiger partial charge in [-0.25, -0.2) is 4.79 Å². The van der Waals surface area contributed by atoms with Crippen LogP contribution in [-0.2, 0) is 4.74 Å². The molecule has 0 unspecified atom stereocenters. The molecule has 3 aromatic rings. The number of nitrogens with one attached hydrogen (secondary N) is 1. The average Bonchev–Trinajstić information content (AvgIpc) is 3.07. The first kappa shape index (κ1) is 16.9. The first-order chi connectivity index (χ1) is 12.0. The Balaban J connectivity index is 1.89. The van der Waals surface area contributed by atoms with Gasteiger partial charge in [0.1, 0.15) is 0 Å². The second-order valence-corrected chi connectivity index (χ2v) is 5.54. The van der Waals surface area contributed by atoms with Crippen molar-refractivity contribution in [1.82, 2.24) is 0 Å². The van der Waals surface area contributed by atoms with Gasteiger partial charge in [0, 0.05) is 11.1 Å². The van der Waals surface area contributed by atoms with Gasteiger partial charge in [0.2, 0.25) is 0 Å². The number of methoxy groups -OCH3 is 2. The van der Waals surface area contributed by atoms with E-state index in [9.17, 15) is 9.59 Å². The van der Waals surface area contributed by atoms with Crippen molar-refractivity contribution in [2.24, 2.45) is 0 Å². The van der Waals surface area contributed by atoms with Crippen LogP contribution in [0.3, 0.4) is 0 Å². The van der Waals surface area contributed by atoms with E-state index in [1.807, 2.05) is 6.07 Å². The summed E-state index contributed by atoms with van der Waals surface area (Å²) in [6, 6.07) is 11.5. The number of furan rings is 1. The zero-order valence-electron chi connectivity index (χ0n) is 13.5. The zero-order chi connectivity index (χ0) is 18.0. The van der Waals surface area contributed by atoms with E-state index >= 15 is 0 Å². The summed E-state index contributed by atoms with van der Waals surface area (Å²) in [5, 5.41) is 3.64. The molecule has 0 radical (unpaired) electrons. The normalized spacial score (nSPS) is 10.5. The molecule has 0 saturated heterocycles. The molecule has 1 heterocycles. The number of esters is 1. The SMILES string of the molecule is COC(=O)c1cc(NC(=O)c2cc3cccc(OC)c3o2)ccc1Cl. The van der Waals surface area contributed by atoms with Crippen molar-refractivity contribution in [3.05, 3.63) is 58.8 Å². The van der Waals surface area contributed by atoms with Crippen molar-refractivity contribution in [3.8, 4) is 5.75 Å². The van der Waals surface area contributed by atoms with Crippen molar-refractivity contribution in [2.45, 2.75) is 0 Å². The number of carbonyl (C=O) groups is 2. The van der Waals surface area contributed by atoms with Gasteiger partial charge in [-0.3, -0.25) is 4.79 Å². The van der Waals surface area contributed by atoms with Crippen molar-refractivity contribution in [1.29, 1.82) is 0 Å². The van der Waals surface area contributed by atoms with Crippen LogP contribution in [0.5, 0.6) is 5.75 Å². The molecule has 1 N–H and O–H groups in total. The number of anilines is 1. The maximum atomic E-state index is 12.4. The van der Waals surface area contributed by atoms with Gasteiger partial charge < -0.3 is 19.2 Å². The Bertz CT molecular complexity index is 963. The molecule has 128 valence electrons. The first-order valence-corrected chi connectivity index (χ1v) is 7.67. The molecule has 3 rings (SSSR count). The molecular formula is C18H14ClNO5. The van der Waals surface area contributed by atoms with Gasteiger partial charge in [0.05, 0.1) is 24.8 Å². The van der Waals surface area contributed by atoms with E-state index in [0.29, 0.717) is 17.0 Å². The molecule has 1 aromatic heterocycles. The summed E-state index contributed by atoms with van der Waals surface area (Å²) < 4.78 is 15.5. The molecule has 2 aromatic carbocycles. The largest absolute Gasteiger partial charge is 0.493 e. The minimum absolute atomic E-state index is 0.120. The lowest BCUT2D eigenvalue weighted by Gasteiger charge is -2.07. The maximum absolute atomic E-state index is 12.4. The Hall–Kier alpha value is -2.99. The van der Waals surface area contributed by atoms with Gasteiger partial charge in [-0.2, -0.15) is 0 Å². The van der Waals surface area contributed by atoms with Gasteiger partial charge >= 0.3 is 5.97 Å². The summed E-state index contributed by atoms with van der Waals surface area (Å²) in [6.45, 7) is 0. The fourth-order valence-corrected chi connectivity index (χ4v) is 2.57. The molecule has 0 aliphatic heterocycles. The number of rotatable bonds is 4. The highest BCUT2D eigenvalue weighted by Gasteiger charge is 2.17. The number of halogens is 1. The summed E-state index contributed by atoms with van der Waals surface area (Å²) in [6.07, 6.45) is 0. The standard InChI is InChI=1S/C18H14ClNO5/c1-23-14-5-3-4-10-8-15(25-16(10)14)17(21)20-11-6-7-13(19)12(9-11)18(22)24-2/h3-9H,1-2H3,(H,20,21). The summed E-state index contributed by atoms with van der Waals surface area (Å²) >= 11 is 5.96. The monoisotopic (exact) mass is 359 g/mol. The van der Waals surface area contributed by atoms with Crippen LogP contribution >= 0.6 is 11.6 Å². The number of ether oxygens (including phenoxy) is 2. The van der Waals surface area contributed by atoms with Crippen LogP contribution < -0.4 is 10.1 Å². The number of amides is 1. The topological polar surface area (TPSA) is 77.8 Å². The Labute approximate surface area is 148 Å². The molecule has 0 aliphatic carbocycles. The molecule has 0 saturated carbocycles. The van der Waals surface area contributed by atoms with Crippen molar-refractivity contribution < 1.29 is 23.5 Å². The molecule has 7 heteroatoms. The predicted molar refractivity (Wildman–Crippen MR) is 93.5 cm³/mol. The number of hydrogen-bond donors (Lipinski definition) is 1. The molecular weight excluding hydrogens is 346 g/mol. The summed E-state index contributed by atoms with van der Waals surface area (Å²) in [7, 11) is 2.78. The van der Waals surface area contributed by atoms with Gasteiger partial charge in [-0.05, 0) is 30.3 Å². The van der Waals surface area contributed by atoms with Crippen molar-refractivity contribution in [3.63, 3.8) is 0 Å². The third-order valence-electron chi connectivity index (χ3n) is 3.58. The minimum atomic E-state index is -0.588. The lowest BCUT2D eigenvalue weighted by Crippen LogP contribution is -2.12. The van der Waals surface area contributed by atoms with E-state index in [0.717, 1.165) is 5.39 Å². The van der Waals surface area contributed by atoms with Crippen molar-refractivity contribution >= 4 is 40.1 Å². The first-order valence-electron chi connectivity index (χ1n) is 7.29. The van der Waals surface area contributed by atoms with Crippen LogP contribution in [0.2, 0.25) is 5.02 Å². The molecule has 0 aliphatic rings. The van der Waals surface area contributed by atoms with Crippen LogP contribution in [-0.4, -0.2) is 26.1 Å². The van der Waals surface area contributed by atoms with Gasteiger partial charge in [-0.15, -0.1) is 0 Å². The number of fused-ring (bicyclic) bond motifs is 1. The highest BCUT2D eigenvalue weighted by atomic mass is 35.5. The van der Waals surface area contributed by atoms with Gasteiger partial charge in [-0.1, -0.05) is 23.7 Å². The maximum Gasteiger partial charge on any atom is 0.339 e. The van der Waals surface area contributed by atoms with Crippen LogP contribution in [0.1, 0.15) is 20.9 Å². The zero-order valence-corrected chi connectivity index (χ0v) is 14.2. The number of benzene rings is 2. The third kappa shape index (κ3) is 3.29. The fraction of sp³-hybridized carbons (Fsp3) is 0.111. The fourth-order valence-electron chi connectivity index (χ4n) is 2.37. The van der Waals surface area contributed by atoms with Crippen LogP contribution in [0.15, 0.2) is 46.9 Å². The molecule has 6 nitrogen and oxygen atoms in total. The van der Waals surface area contributed by atoms with Crippen molar-refractivity contribution in [2.75, 3.05) is 19.5 Å². The molecule has 0 atom stereocenters.